The molecule has 1 atom stereocenters. The van der Waals surface area contributed by atoms with Gasteiger partial charge in [0.1, 0.15) is 6.04 Å². The summed E-state index contributed by atoms with van der Waals surface area (Å²) in [5.74, 6) is -0.716. The van der Waals surface area contributed by atoms with E-state index in [0.717, 1.165) is 4.90 Å². The molecule has 2 aromatic rings. The van der Waals surface area contributed by atoms with Crippen LogP contribution in [0, 0.1) is 0 Å². The Morgan fingerprint density at radius 1 is 0.875 bits per heavy atom. The van der Waals surface area contributed by atoms with Crippen LogP contribution in [-0.2, 0) is 9.59 Å². The lowest BCUT2D eigenvalue weighted by Crippen LogP contribution is -2.47. The molecule has 2 N–H and O–H groups in total. The third kappa shape index (κ3) is 3.43. The number of anilines is 2. The molecule has 4 amide bonds. The molecule has 1 aliphatic heterocycles. The van der Waals surface area contributed by atoms with Crippen molar-refractivity contribution in [2.45, 2.75) is 18.9 Å². The predicted molar refractivity (Wildman–Crippen MR) is 90.4 cm³/mol. The van der Waals surface area contributed by atoms with Crippen LogP contribution in [0.15, 0.2) is 60.7 Å². The van der Waals surface area contributed by atoms with Crippen molar-refractivity contribution in [3.8, 4) is 0 Å². The zero-order chi connectivity index (χ0) is 16.9. The molecule has 1 heterocycles. The molecule has 0 radical (unpaired) electrons. The molecule has 24 heavy (non-hydrogen) atoms. The van der Waals surface area contributed by atoms with Gasteiger partial charge in [0, 0.05) is 17.8 Å². The second kappa shape index (κ2) is 6.95. The van der Waals surface area contributed by atoms with Gasteiger partial charge in [0.15, 0.2) is 0 Å². The fourth-order valence-electron chi connectivity index (χ4n) is 2.64. The lowest BCUT2D eigenvalue weighted by molar-refractivity contribution is -0.130. The Balaban J connectivity index is 1.71. The molecular formula is C18H17N3O3. The van der Waals surface area contributed by atoms with E-state index < -0.39 is 12.1 Å². The summed E-state index contributed by atoms with van der Waals surface area (Å²) in [6, 6.07) is 16.4. The Morgan fingerprint density at radius 3 is 2.00 bits per heavy atom. The van der Waals surface area contributed by atoms with Crippen molar-refractivity contribution in [3.05, 3.63) is 60.7 Å². The minimum Gasteiger partial charge on any atom is -0.324 e. The van der Waals surface area contributed by atoms with Gasteiger partial charge < -0.3 is 10.6 Å². The van der Waals surface area contributed by atoms with Crippen LogP contribution in [0.25, 0.3) is 0 Å². The Kier molecular flexibility index (Phi) is 4.56. The summed E-state index contributed by atoms with van der Waals surface area (Å²) in [5.41, 5.74) is 1.20. The van der Waals surface area contributed by atoms with E-state index in [2.05, 4.69) is 10.6 Å². The van der Waals surface area contributed by atoms with Gasteiger partial charge in [0.05, 0.1) is 0 Å². The van der Waals surface area contributed by atoms with Gasteiger partial charge in [-0.25, -0.2) is 4.79 Å². The molecule has 1 aliphatic rings. The highest BCUT2D eigenvalue weighted by molar-refractivity contribution is 6.08. The summed E-state index contributed by atoms with van der Waals surface area (Å²) in [4.78, 5) is 37.9. The molecule has 3 rings (SSSR count). The number of urea groups is 1. The number of carbonyl (C=O) groups is 3. The summed E-state index contributed by atoms with van der Waals surface area (Å²) < 4.78 is 0. The topological polar surface area (TPSA) is 78.5 Å². The van der Waals surface area contributed by atoms with Crippen molar-refractivity contribution in [2.75, 3.05) is 10.6 Å². The monoisotopic (exact) mass is 323 g/mol. The molecule has 1 saturated heterocycles. The highest BCUT2D eigenvalue weighted by atomic mass is 16.2. The Labute approximate surface area is 139 Å². The van der Waals surface area contributed by atoms with Crippen molar-refractivity contribution >= 4 is 29.2 Å². The Morgan fingerprint density at radius 2 is 1.42 bits per heavy atom. The third-order valence-electron chi connectivity index (χ3n) is 3.80. The van der Waals surface area contributed by atoms with E-state index in [1.54, 1.807) is 48.5 Å². The van der Waals surface area contributed by atoms with Crippen molar-refractivity contribution < 1.29 is 14.4 Å². The molecule has 2 aromatic carbocycles. The predicted octanol–water partition coefficient (Wildman–Crippen LogP) is 2.85. The van der Waals surface area contributed by atoms with Gasteiger partial charge in [0.2, 0.25) is 11.8 Å². The smallest absolute Gasteiger partial charge is 0.324 e. The van der Waals surface area contributed by atoms with Gasteiger partial charge in [-0.1, -0.05) is 36.4 Å². The SMILES string of the molecule is O=C(Nc1ccccc1)C1CCC(=O)N1C(=O)Nc1ccccc1. The molecule has 0 spiro atoms. The van der Waals surface area contributed by atoms with Crippen LogP contribution in [0.1, 0.15) is 12.8 Å². The van der Waals surface area contributed by atoms with E-state index >= 15 is 0 Å². The fourth-order valence-corrected chi connectivity index (χ4v) is 2.64. The molecule has 6 nitrogen and oxygen atoms in total. The molecule has 6 heteroatoms. The fraction of sp³-hybridized carbons (Fsp3) is 0.167. The summed E-state index contributed by atoms with van der Waals surface area (Å²) in [7, 11) is 0. The van der Waals surface area contributed by atoms with Crippen LogP contribution in [0.3, 0.4) is 0 Å². The standard InChI is InChI=1S/C18H17N3O3/c22-16-12-11-15(17(23)19-13-7-3-1-4-8-13)21(16)18(24)20-14-9-5-2-6-10-14/h1-10,15H,11-12H2,(H,19,23)(H,20,24). The summed E-state index contributed by atoms with van der Waals surface area (Å²) in [5, 5.41) is 5.39. The van der Waals surface area contributed by atoms with E-state index in [-0.39, 0.29) is 18.2 Å². The number of benzene rings is 2. The number of carbonyl (C=O) groups excluding carboxylic acids is 3. The average molecular weight is 323 g/mol. The number of amides is 4. The zero-order valence-electron chi connectivity index (χ0n) is 12.9. The summed E-state index contributed by atoms with van der Waals surface area (Å²) >= 11 is 0. The normalized spacial score (nSPS) is 16.8. The summed E-state index contributed by atoms with van der Waals surface area (Å²) in [6.07, 6.45) is 0.495. The van der Waals surface area contributed by atoms with E-state index in [1.807, 2.05) is 12.1 Å². The molecule has 0 aromatic heterocycles. The average Bonchev–Trinajstić information content (AvgIpc) is 2.98. The minimum atomic E-state index is -0.804. The van der Waals surface area contributed by atoms with E-state index in [4.69, 9.17) is 0 Å². The highest BCUT2D eigenvalue weighted by Gasteiger charge is 2.40. The van der Waals surface area contributed by atoms with Gasteiger partial charge in [-0.15, -0.1) is 0 Å². The first-order valence-corrected chi connectivity index (χ1v) is 7.69. The van der Waals surface area contributed by atoms with Gasteiger partial charge in [-0.05, 0) is 30.7 Å². The van der Waals surface area contributed by atoms with Gasteiger partial charge in [-0.2, -0.15) is 0 Å². The van der Waals surface area contributed by atoms with E-state index in [1.165, 1.54) is 0 Å². The van der Waals surface area contributed by atoms with Gasteiger partial charge >= 0.3 is 6.03 Å². The number of hydrogen-bond acceptors (Lipinski definition) is 3. The number of nitrogens with one attached hydrogen (secondary N) is 2. The third-order valence-corrected chi connectivity index (χ3v) is 3.80. The van der Waals surface area contributed by atoms with Gasteiger partial charge in [0.25, 0.3) is 0 Å². The zero-order valence-corrected chi connectivity index (χ0v) is 12.9. The number of para-hydroxylation sites is 2. The molecule has 122 valence electrons. The first-order chi connectivity index (χ1) is 11.6. The van der Waals surface area contributed by atoms with Crippen molar-refractivity contribution in [1.29, 1.82) is 0 Å². The number of rotatable bonds is 3. The largest absolute Gasteiger partial charge is 0.329 e. The maximum atomic E-state index is 12.4. The minimum absolute atomic E-state index is 0.176. The Hall–Kier alpha value is -3.15. The maximum absolute atomic E-state index is 12.4. The highest BCUT2D eigenvalue weighted by Crippen LogP contribution is 2.22. The van der Waals surface area contributed by atoms with Crippen LogP contribution >= 0.6 is 0 Å². The molecular weight excluding hydrogens is 306 g/mol. The van der Waals surface area contributed by atoms with Crippen LogP contribution in [0.2, 0.25) is 0 Å². The van der Waals surface area contributed by atoms with Crippen LogP contribution in [-0.4, -0.2) is 28.8 Å². The van der Waals surface area contributed by atoms with Crippen molar-refractivity contribution in [1.82, 2.24) is 4.90 Å². The number of nitrogens with zero attached hydrogens (tertiary/aromatic N) is 1. The van der Waals surface area contributed by atoms with Crippen molar-refractivity contribution in [2.24, 2.45) is 0 Å². The summed E-state index contributed by atoms with van der Waals surface area (Å²) in [6.45, 7) is 0. The van der Waals surface area contributed by atoms with Crippen LogP contribution in [0.4, 0.5) is 16.2 Å². The number of likely N-dealkylation sites (tertiary alicyclic amines) is 1. The quantitative estimate of drug-likeness (QED) is 0.911. The number of imide groups is 1. The van der Waals surface area contributed by atoms with Crippen LogP contribution < -0.4 is 10.6 Å². The second-order valence-electron chi connectivity index (χ2n) is 5.47. The number of hydrogen-bond donors (Lipinski definition) is 2. The second-order valence-corrected chi connectivity index (χ2v) is 5.47. The molecule has 0 saturated carbocycles. The molecule has 1 unspecified atom stereocenters. The Bertz CT molecular complexity index is 747. The molecule has 0 bridgehead atoms. The van der Waals surface area contributed by atoms with E-state index in [9.17, 15) is 14.4 Å². The lowest BCUT2D eigenvalue weighted by atomic mass is 10.2. The van der Waals surface area contributed by atoms with Gasteiger partial charge in [-0.3, -0.25) is 14.5 Å². The van der Waals surface area contributed by atoms with E-state index in [0.29, 0.717) is 17.8 Å². The lowest BCUT2D eigenvalue weighted by Gasteiger charge is -2.22. The first-order valence-electron chi connectivity index (χ1n) is 7.69. The maximum Gasteiger partial charge on any atom is 0.329 e. The molecule has 0 aliphatic carbocycles. The molecule has 1 fully saturated rings. The first kappa shape index (κ1) is 15.7. The van der Waals surface area contributed by atoms with Crippen molar-refractivity contribution in [3.63, 3.8) is 0 Å². The van der Waals surface area contributed by atoms with Crippen LogP contribution in [0.5, 0.6) is 0 Å².